The lowest BCUT2D eigenvalue weighted by molar-refractivity contribution is 0.0507. The Hall–Kier alpha value is -0.970. The molecule has 1 aliphatic heterocycles. The first-order valence-electron chi connectivity index (χ1n) is 5.26. The fourth-order valence-corrected chi connectivity index (χ4v) is 1.68. The Morgan fingerprint density at radius 2 is 2.19 bits per heavy atom. The second kappa shape index (κ2) is 4.91. The number of halogens is 1. The van der Waals surface area contributed by atoms with Gasteiger partial charge in [-0.05, 0) is 38.8 Å². The van der Waals surface area contributed by atoms with Gasteiger partial charge in [0.2, 0.25) is 0 Å². The third-order valence-electron chi connectivity index (χ3n) is 2.19. The Balaban J connectivity index is 2.34. The number of nitrogens with one attached hydrogen (secondary N) is 2. The lowest BCUT2D eigenvalue weighted by Gasteiger charge is -2.21. The van der Waals surface area contributed by atoms with E-state index in [1.165, 1.54) is 0 Å². The fraction of sp³-hybridized carbons (Fsp3) is 0.800. The zero-order valence-corrected chi connectivity index (χ0v) is 10.6. The van der Waals surface area contributed by atoms with Crippen LogP contribution >= 0.6 is 11.6 Å². The molecule has 0 aromatic heterocycles. The van der Waals surface area contributed by atoms with Crippen LogP contribution < -0.4 is 5.32 Å². The summed E-state index contributed by atoms with van der Waals surface area (Å²) in [4.78, 5) is 13.2. The van der Waals surface area contributed by atoms with Crippen LogP contribution in [-0.2, 0) is 4.74 Å². The summed E-state index contributed by atoms with van der Waals surface area (Å²) in [7, 11) is 0. The van der Waals surface area contributed by atoms with Crippen molar-refractivity contribution in [2.45, 2.75) is 38.8 Å². The Labute approximate surface area is 101 Å². The number of likely N-dealkylation sites (tertiary alicyclic amines) is 1. The lowest BCUT2D eigenvalue weighted by atomic mass is 10.2. The fourth-order valence-electron chi connectivity index (χ4n) is 1.53. The van der Waals surface area contributed by atoms with Crippen molar-refractivity contribution in [2.24, 2.45) is 0 Å². The Bertz CT molecular complexity index is 288. The van der Waals surface area contributed by atoms with Crippen LogP contribution in [0.5, 0.6) is 0 Å². The highest BCUT2D eigenvalue weighted by molar-refractivity contribution is 6.63. The summed E-state index contributed by atoms with van der Waals surface area (Å²) < 4.78 is 5.14. The summed E-state index contributed by atoms with van der Waals surface area (Å²) in [6, 6.07) is 0.00829. The average molecular weight is 248 g/mol. The standard InChI is InChI=1S/C10H18ClN3O2/c1-10(2,3)16-9(15)13-7-4-5-14(6-7)8(11)12/h7,12H,4-6H2,1-3H3,(H,13,15)/t7-/m0/s1. The maximum atomic E-state index is 11.5. The molecule has 92 valence electrons. The molecule has 0 unspecified atom stereocenters. The highest BCUT2D eigenvalue weighted by Crippen LogP contribution is 2.12. The van der Waals surface area contributed by atoms with Gasteiger partial charge in [-0.3, -0.25) is 5.41 Å². The smallest absolute Gasteiger partial charge is 0.407 e. The summed E-state index contributed by atoms with van der Waals surface area (Å²) in [5.74, 6) is 0. The van der Waals surface area contributed by atoms with Gasteiger partial charge in [0.1, 0.15) is 5.60 Å². The number of ether oxygens (including phenoxy) is 1. The van der Waals surface area contributed by atoms with Gasteiger partial charge in [0.05, 0.1) is 6.04 Å². The number of hydrogen-bond donors (Lipinski definition) is 2. The van der Waals surface area contributed by atoms with Crippen molar-refractivity contribution in [3.8, 4) is 0 Å². The molecule has 0 aromatic carbocycles. The van der Waals surface area contributed by atoms with E-state index in [4.69, 9.17) is 21.7 Å². The second-order valence-corrected chi connectivity index (χ2v) is 5.23. The van der Waals surface area contributed by atoms with Crippen LogP contribution in [0, 0.1) is 5.41 Å². The summed E-state index contributed by atoms with van der Waals surface area (Å²) in [6.45, 7) is 6.73. The number of amidine groups is 1. The summed E-state index contributed by atoms with van der Waals surface area (Å²) >= 11 is 5.56. The normalized spacial score (nSPS) is 20.8. The van der Waals surface area contributed by atoms with E-state index in [1.54, 1.807) is 4.90 Å². The molecule has 1 amide bonds. The molecule has 0 spiro atoms. The number of carbonyl (C=O) groups is 1. The summed E-state index contributed by atoms with van der Waals surface area (Å²) in [5.41, 5.74) is -0.485. The van der Waals surface area contributed by atoms with Gasteiger partial charge in [-0.15, -0.1) is 0 Å². The van der Waals surface area contributed by atoms with E-state index < -0.39 is 11.7 Å². The molecule has 16 heavy (non-hydrogen) atoms. The van der Waals surface area contributed by atoms with Crippen molar-refractivity contribution in [3.05, 3.63) is 0 Å². The lowest BCUT2D eigenvalue weighted by Crippen LogP contribution is -2.40. The molecule has 5 nitrogen and oxygen atoms in total. The van der Waals surface area contributed by atoms with Gasteiger partial charge < -0.3 is 15.0 Å². The van der Waals surface area contributed by atoms with Crippen LogP contribution in [0.3, 0.4) is 0 Å². The van der Waals surface area contributed by atoms with Crippen LogP contribution in [0.25, 0.3) is 0 Å². The number of rotatable bonds is 1. The van der Waals surface area contributed by atoms with E-state index in [2.05, 4.69) is 5.32 Å². The van der Waals surface area contributed by atoms with E-state index >= 15 is 0 Å². The van der Waals surface area contributed by atoms with Gasteiger partial charge >= 0.3 is 6.09 Å². The molecule has 0 bridgehead atoms. The molecule has 1 aliphatic rings. The zero-order valence-electron chi connectivity index (χ0n) is 9.84. The van der Waals surface area contributed by atoms with Gasteiger partial charge in [-0.1, -0.05) is 0 Å². The van der Waals surface area contributed by atoms with Crippen LogP contribution in [0.2, 0.25) is 0 Å². The van der Waals surface area contributed by atoms with Gasteiger partial charge in [0, 0.05) is 13.1 Å². The van der Waals surface area contributed by atoms with E-state index in [1.807, 2.05) is 20.8 Å². The molecule has 2 N–H and O–H groups in total. The minimum Gasteiger partial charge on any atom is -0.444 e. The Kier molecular flexibility index (Phi) is 4.02. The number of amides is 1. The number of hydrogen-bond acceptors (Lipinski definition) is 3. The molecule has 6 heteroatoms. The third-order valence-corrected chi connectivity index (χ3v) is 2.43. The molecule has 0 radical (unpaired) electrons. The van der Waals surface area contributed by atoms with E-state index in [9.17, 15) is 4.79 Å². The van der Waals surface area contributed by atoms with Gasteiger partial charge in [-0.25, -0.2) is 4.79 Å². The molecule has 1 heterocycles. The molecule has 0 aliphatic carbocycles. The zero-order chi connectivity index (χ0) is 12.3. The van der Waals surface area contributed by atoms with Crippen LogP contribution in [0.1, 0.15) is 27.2 Å². The topological polar surface area (TPSA) is 65.4 Å². The second-order valence-electron chi connectivity index (χ2n) is 4.87. The molecular weight excluding hydrogens is 230 g/mol. The SMILES string of the molecule is CC(C)(C)OC(=O)N[C@H]1CCN(C(=N)Cl)C1. The highest BCUT2D eigenvalue weighted by Gasteiger charge is 2.26. The van der Waals surface area contributed by atoms with Crippen LogP contribution in [-0.4, -0.2) is 41.0 Å². The summed E-state index contributed by atoms with van der Waals surface area (Å²) in [6.07, 6.45) is 0.370. The minimum atomic E-state index is -0.485. The van der Waals surface area contributed by atoms with Crippen LogP contribution in [0.4, 0.5) is 4.79 Å². The maximum Gasteiger partial charge on any atom is 0.407 e. The molecule has 0 saturated carbocycles. The molecule has 1 rings (SSSR count). The van der Waals surface area contributed by atoms with Crippen LogP contribution in [0.15, 0.2) is 0 Å². The third kappa shape index (κ3) is 4.26. The largest absolute Gasteiger partial charge is 0.444 e. The van der Waals surface area contributed by atoms with Crippen molar-refractivity contribution in [1.82, 2.24) is 10.2 Å². The molecule has 1 saturated heterocycles. The van der Waals surface area contributed by atoms with Gasteiger partial charge in [0.15, 0.2) is 5.29 Å². The Morgan fingerprint density at radius 1 is 1.56 bits per heavy atom. The maximum absolute atomic E-state index is 11.5. The van der Waals surface area contributed by atoms with Crippen molar-refractivity contribution in [3.63, 3.8) is 0 Å². The first-order chi connectivity index (χ1) is 7.28. The molecule has 1 atom stereocenters. The first kappa shape index (κ1) is 13.1. The number of nitrogens with zero attached hydrogens (tertiary/aromatic N) is 1. The molecule has 1 fully saturated rings. The molecular formula is C10H18ClN3O2. The quantitative estimate of drug-likeness (QED) is 0.422. The van der Waals surface area contributed by atoms with Gasteiger partial charge in [0.25, 0.3) is 0 Å². The minimum absolute atomic E-state index is 0.00829. The number of carbonyl (C=O) groups excluding carboxylic acids is 1. The predicted octanol–water partition coefficient (Wildman–Crippen LogP) is 1.76. The predicted molar refractivity (Wildman–Crippen MR) is 62.9 cm³/mol. The van der Waals surface area contributed by atoms with Crippen molar-refractivity contribution < 1.29 is 9.53 Å². The van der Waals surface area contributed by atoms with Gasteiger partial charge in [-0.2, -0.15) is 0 Å². The molecule has 0 aromatic rings. The van der Waals surface area contributed by atoms with Crippen molar-refractivity contribution in [2.75, 3.05) is 13.1 Å². The monoisotopic (exact) mass is 247 g/mol. The highest BCUT2D eigenvalue weighted by atomic mass is 35.5. The van der Waals surface area contributed by atoms with Crippen molar-refractivity contribution in [1.29, 1.82) is 5.41 Å². The van der Waals surface area contributed by atoms with E-state index in [0.717, 1.165) is 6.42 Å². The van der Waals surface area contributed by atoms with E-state index in [0.29, 0.717) is 13.1 Å². The summed E-state index contributed by atoms with van der Waals surface area (Å²) in [5, 5.41) is 10.0. The first-order valence-corrected chi connectivity index (χ1v) is 5.64. The Morgan fingerprint density at radius 3 is 2.62 bits per heavy atom. The average Bonchev–Trinajstić information content (AvgIpc) is 2.48. The number of alkyl carbamates (subject to hydrolysis) is 1. The van der Waals surface area contributed by atoms with E-state index in [-0.39, 0.29) is 11.3 Å². The van der Waals surface area contributed by atoms with Crippen molar-refractivity contribution >= 4 is 23.0 Å².